The highest BCUT2D eigenvalue weighted by Crippen LogP contribution is 2.19. The van der Waals surface area contributed by atoms with E-state index >= 15 is 0 Å². The Balaban J connectivity index is 2.38. The summed E-state index contributed by atoms with van der Waals surface area (Å²) in [5.74, 6) is -0.171. The zero-order valence-corrected chi connectivity index (χ0v) is 11.0. The van der Waals surface area contributed by atoms with E-state index < -0.39 is 0 Å². The van der Waals surface area contributed by atoms with Crippen LogP contribution in [0, 0.1) is 5.41 Å². The molecule has 0 saturated carbocycles. The average Bonchev–Trinajstić information content (AvgIpc) is 2.58. The third-order valence-corrected chi connectivity index (χ3v) is 2.34. The fourth-order valence-electron chi connectivity index (χ4n) is 1.70. The van der Waals surface area contributed by atoms with Crippen LogP contribution in [0.3, 0.4) is 0 Å². The van der Waals surface area contributed by atoms with Crippen LogP contribution in [-0.4, -0.2) is 28.0 Å². The highest BCUT2D eigenvalue weighted by atomic mass is 16.1. The van der Waals surface area contributed by atoms with Gasteiger partial charge in [0.05, 0.1) is 6.33 Å². The van der Waals surface area contributed by atoms with Crippen molar-refractivity contribution in [2.45, 2.75) is 33.2 Å². The van der Waals surface area contributed by atoms with E-state index in [9.17, 15) is 4.79 Å². The Morgan fingerprint density at radius 1 is 1.59 bits per heavy atom. The molecule has 3 N–H and O–H groups in total. The molecule has 0 fully saturated rings. The number of carbonyl (C=O) groups excluding carboxylic acids is 1. The molecule has 0 bridgehead atoms. The lowest BCUT2D eigenvalue weighted by molar-refractivity contribution is 0.0944. The molecule has 0 radical (unpaired) electrons. The van der Waals surface area contributed by atoms with Crippen molar-refractivity contribution >= 4 is 5.91 Å². The van der Waals surface area contributed by atoms with Gasteiger partial charge in [-0.3, -0.25) is 4.79 Å². The molecule has 96 valence electrons. The van der Waals surface area contributed by atoms with Gasteiger partial charge >= 0.3 is 0 Å². The first-order chi connectivity index (χ1) is 7.78. The van der Waals surface area contributed by atoms with Gasteiger partial charge in [-0.15, -0.1) is 0 Å². The van der Waals surface area contributed by atoms with E-state index in [-0.39, 0.29) is 17.4 Å². The molecule has 5 nitrogen and oxygen atoms in total. The maximum Gasteiger partial charge on any atom is 0.271 e. The van der Waals surface area contributed by atoms with Gasteiger partial charge in [0.1, 0.15) is 5.69 Å². The lowest BCUT2D eigenvalue weighted by Crippen LogP contribution is -2.39. The molecule has 1 unspecified atom stereocenters. The molecule has 0 aromatic carbocycles. The zero-order valence-electron chi connectivity index (χ0n) is 11.0. The van der Waals surface area contributed by atoms with Crippen LogP contribution >= 0.6 is 0 Å². The molecule has 1 heterocycles. The molecule has 1 rings (SSSR count). The summed E-state index contributed by atoms with van der Waals surface area (Å²) in [5, 5.41) is 2.79. The van der Waals surface area contributed by atoms with Crippen molar-refractivity contribution in [1.29, 1.82) is 0 Å². The number of rotatable bonds is 4. The van der Waals surface area contributed by atoms with Gasteiger partial charge in [-0.1, -0.05) is 20.8 Å². The van der Waals surface area contributed by atoms with Crippen LogP contribution in [-0.2, 0) is 7.05 Å². The number of hydrogen-bond donors (Lipinski definition) is 2. The number of carbonyl (C=O) groups is 1. The number of imidazole rings is 1. The number of hydrogen-bond acceptors (Lipinski definition) is 3. The maximum atomic E-state index is 11.7. The Labute approximate surface area is 102 Å². The average molecular weight is 238 g/mol. The van der Waals surface area contributed by atoms with E-state index in [0.29, 0.717) is 12.2 Å². The molecule has 1 aromatic heterocycles. The molecule has 17 heavy (non-hydrogen) atoms. The third-order valence-electron chi connectivity index (χ3n) is 2.34. The van der Waals surface area contributed by atoms with Gasteiger partial charge in [-0.05, 0) is 11.8 Å². The second kappa shape index (κ2) is 5.31. The monoisotopic (exact) mass is 238 g/mol. The minimum absolute atomic E-state index is 0.0253. The van der Waals surface area contributed by atoms with Gasteiger partial charge < -0.3 is 15.6 Å². The molecule has 1 amide bonds. The van der Waals surface area contributed by atoms with Crippen molar-refractivity contribution in [3.8, 4) is 0 Å². The van der Waals surface area contributed by atoms with E-state index in [0.717, 1.165) is 6.42 Å². The minimum Gasteiger partial charge on any atom is -0.349 e. The minimum atomic E-state index is -0.171. The van der Waals surface area contributed by atoms with Crippen LogP contribution in [0.15, 0.2) is 12.5 Å². The van der Waals surface area contributed by atoms with Crippen molar-refractivity contribution < 1.29 is 4.79 Å². The fourth-order valence-corrected chi connectivity index (χ4v) is 1.70. The molecular formula is C12H22N4O. The standard InChI is InChI=1S/C12H22N4O/c1-12(2,3)5-9(13)6-14-11(17)10-7-16(4)8-15-10/h7-9H,5-6,13H2,1-4H3,(H,14,17). The molecule has 5 heteroatoms. The van der Waals surface area contributed by atoms with Crippen LogP contribution in [0.2, 0.25) is 0 Å². The molecule has 0 aliphatic carbocycles. The molecule has 0 aliphatic heterocycles. The SMILES string of the molecule is Cn1cnc(C(=O)NCC(N)CC(C)(C)C)c1. The van der Waals surface area contributed by atoms with Gasteiger partial charge in [0.15, 0.2) is 0 Å². The number of aryl methyl sites for hydroxylation is 1. The molecule has 1 aromatic rings. The molecule has 1 atom stereocenters. The summed E-state index contributed by atoms with van der Waals surface area (Å²) in [7, 11) is 1.83. The number of nitrogens with two attached hydrogens (primary N) is 1. The van der Waals surface area contributed by atoms with Gasteiger partial charge in [-0.25, -0.2) is 4.98 Å². The summed E-state index contributed by atoms with van der Waals surface area (Å²) in [6, 6.07) is -0.0253. The first kappa shape index (κ1) is 13.7. The Morgan fingerprint density at radius 3 is 2.71 bits per heavy atom. The van der Waals surface area contributed by atoms with Gasteiger partial charge in [0, 0.05) is 25.8 Å². The highest BCUT2D eigenvalue weighted by molar-refractivity contribution is 5.92. The van der Waals surface area contributed by atoms with Crippen molar-refractivity contribution in [3.05, 3.63) is 18.2 Å². The lowest BCUT2D eigenvalue weighted by Gasteiger charge is -2.23. The predicted octanol–water partition coefficient (Wildman–Crippen LogP) is 0.913. The third kappa shape index (κ3) is 4.99. The summed E-state index contributed by atoms with van der Waals surface area (Å²) in [4.78, 5) is 15.7. The topological polar surface area (TPSA) is 72.9 Å². The second-order valence-corrected chi connectivity index (χ2v) is 5.66. The Kier molecular flexibility index (Phi) is 4.28. The summed E-state index contributed by atoms with van der Waals surface area (Å²) in [6.07, 6.45) is 4.16. The van der Waals surface area contributed by atoms with Crippen LogP contribution in [0.1, 0.15) is 37.7 Å². The van der Waals surface area contributed by atoms with Crippen molar-refractivity contribution in [2.75, 3.05) is 6.54 Å². The number of nitrogens with zero attached hydrogens (tertiary/aromatic N) is 2. The van der Waals surface area contributed by atoms with Gasteiger partial charge in [0.25, 0.3) is 5.91 Å². The molecular weight excluding hydrogens is 216 g/mol. The Morgan fingerprint density at radius 2 is 2.24 bits per heavy atom. The van der Waals surface area contributed by atoms with Crippen LogP contribution < -0.4 is 11.1 Å². The quantitative estimate of drug-likeness (QED) is 0.819. The van der Waals surface area contributed by atoms with Crippen LogP contribution in [0.25, 0.3) is 0 Å². The normalized spacial score (nSPS) is 13.5. The Hall–Kier alpha value is -1.36. The smallest absolute Gasteiger partial charge is 0.271 e. The number of nitrogens with one attached hydrogen (secondary N) is 1. The van der Waals surface area contributed by atoms with Gasteiger partial charge in [0.2, 0.25) is 0 Å². The summed E-state index contributed by atoms with van der Waals surface area (Å²) < 4.78 is 1.74. The first-order valence-corrected chi connectivity index (χ1v) is 5.80. The summed E-state index contributed by atoms with van der Waals surface area (Å²) >= 11 is 0. The highest BCUT2D eigenvalue weighted by Gasteiger charge is 2.16. The van der Waals surface area contributed by atoms with Crippen LogP contribution in [0.4, 0.5) is 0 Å². The molecule has 0 spiro atoms. The fraction of sp³-hybridized carbons (Fsp3) is 0.667. The van der Waals surface area contributed by atoms with Crippen molar-refractivity contribution in [2.24, 2.45) is 18.2 Å². The molecule has 0 aliphatic rings. The van der Waals surface area contributed by atoms with Crippen LogP contribution in [0.5, 0.6) is 0 Å². The zero-order chi connectivity index (χ0) is 13.1. The number of amides is 1. The second-order valence-electron chi connectivity index (χ2n) is 5.66. The lowest BCUT2D eigenvalue weighted by atomic mass is 9.88. The summed E-state index contributed by atoms with van der Waals surface area (Å²) in [5.41, 5.74) is 6.55. The van der Waals surface area contributed by atoms with E-state index in [4.69, 9.17) is 5.73 Å². The van der Waals surface area contributed by atoms with E-state index in [1.54, 1.807) is 17.1 Å². The van der Waals surface area contributed by atoms with Crippen molar-refractivity contribution in [3.63, 3.8) is 0 Å². The maximum absolute atomic E-state index is 11.7. The number of aromatic nitrogens is 2. The largest absolute Gasteiger partial charge is 0.349 e. The van der Waals surface area contributed by atoms with E-state index in [2.05, 4.69) is 31.1 Å². The first-order valence-electron chi connectivity index (χ1n) is 5.80. The van der Waals surface area contributed by atoms with Crippen molar-refractivity contribution in [1.82, 2.24) is 14.9 Å². The van der Waals surface area contributed by atoms with Gasteiger partial charge in [-0.2, -0.15) is 0 Å². The van der Waals surface area contributed by atoms with E-state index in [1.165, 1.54) is 0 Å². The summed E-state index contributed by atoms with van der Waals surface area (Å²) in [6.45, 7) is 6.88. The Bertz CT molecular complexity index is 378. The molecule has 0 saturated heterocycles. The van der Waals surface area contributed by atoms with E-state index in [1.807, 2.05) is 7.05 Å². The predicted molar refractivity (Wildman–Crippen MR) is 67.6 cm³/mol.